The first kappa shape index (κ1) is 14.0. The number of carbonyl (C=O) groups excluding carboxylic acids is 1. The Bertz CT molecular complexity index is 466. The largest absolute Gasteiger partial charge is 0.497 e. The molecule has 1 rings (SSSR count). The number of methoxy groups -OCH3 is 1. The lowest BCUT2D eigenvalue weighted by Crippen LogP contribution is -2.19. The van der Waals surface area contributed by atoms with Gasteiger partial charge in [-0.05, 0) is 13.8 Å². The molecule has 5 nitrogen and oxygen atoms in total. The summed E-state index contributed by atoms with van der Waals surface area (Å²) in [6.45, 7) is 3.81. The summed E-state index contributed by atoms with van der Waals surface area (Å²) in [5.41, 5.74) is 1.43. The Balaban J connectivity index is 2.85. The first-order chi connectivity index (χ1) is 8.60. The van der Waals surface area contributed by atoms with E-state index in [2.05, 4.69) is 4.98 Å². The van der Waals surface area contributed by atoms with Crippen molar-refractivity contribution >= 4 is 5.97 Å². The van der Waals surface area contributed by atoms with Crippen LogP contribution in [-0.4, -0.2) is 24.7 Å². The third kappa shape index (κ3) is 3.74. The topological polar surface area (TPSA) is 72.2 Å². The molecule has 1 aromatic heterocycles. The van der Waals surface area contributed by atoms with Gasteiger partial charge in [0.25, 0.3) is 0 Å². The Morgan fingerprint density at radius 1 is 1.56 bits per heavy atom. The molecule has 1 atom stereocenters. The molecule has 0 bridgehead atoms. The Morgan fingerprint density at radius 2 is 2.28 bits per heavy atom. The Hall–Kier alpha value is -2.09. The van der Waals surface area contributed by atoms with Crippen LogP contribution in [0.15, 0.2) is 12.1 Å². The number of hydrogen-bond acceptors (Lipinski definition) is 5. The highest BCUT2D eigenvalue weighted by Gasteiger charge is 2.20. The number of pyridine rings is 1. The van der Waals surface area contributed by atoms with Crippen LogP contribution in [0.3, 0.4) is 0 Å². The minimum atomic E-state index is -0.830. The first-order valence-electron chi connectivity index (χ1n) is 5.68. The van der Waals surface area contributed by atoms with Crippen molar-refractivity contribution in [2.45, 2.75) is 20.3 Å². The van der Waals surface area contributed by atoms with E-state index < -0.39 is 11.9 Å². The fourth-order valence-corrected chi connectivity index (χ4v) is 1.56. The molecule has 1 unspecified atom stereocenters. The molecule has 0 aliphatic heterocycles. The monoisotopic (exact) mass is 248 g/mol. The number of aryl methyl sites for hydroxylation is 1. The summed E-state index contributed by atoms with van der Waals surface area (Å²) in [5, 5.41) is 8.97. The molecule has 1 heterocycles. The lowest BCUT2D eigenvalue weighted by molar-refractivity contribution is -0.146. The van der Waals surface area contributed by atoms with Crippen molar-refractivity contribution in [3.8, 4) is 11.8 Å². The number of esters is 1. The molecule has 0 N–H and O–H groups in total. The molecule has 18 heavy (non-hydrogen) atoms. The van der Waals surface area contributed by atoms with Crippen LogP contribution in [0, 0.1) is 24.2 Å². The maximum atomic E-state index is 11.5. The number of hydrogen-bond donors (Lipinski definition) is 0. The molecule has 0 saturated heterocycles. The highest BCUT2D eigenvalue weighted by molar-refractivity contribution is 5.75. The predicted molar refractivity (Wildman–Crippen MR) is 65.0 cm³/mol. The first-order valence-corrected chi connectivity index (χ1v) is 5.68. The highest BCUT2D eigenvalue weighted by Crippen LogP contribution is 2.16. The van der Waals surface area contributed by atoms with Gasteiger partial charge < -0.3 is 9.47 Å². The van der Waals surface area contributed by atoms with Crippen molar-refractivity contribution in [1.82, 2.24) is 4.98 Å². The zero-order valence-corrected chi connectivity index (χ0v) is 10.8. The van der Waals surface area contributed by atoms with Crippen molar-refractivity contribution in [3.05, 3.63) is 23.5 Å². The lowest BCUT2D eigenvalue weighted by Gasteiger charge is -2.09. The standard InChI is InChI=1S/C13H16N2O3/c1-4-18-13(16)10(8-14)6-11-7-12(17-3)5-9(2)15-11/h5,7,10H,4,6H2,1-3H3. The second-order valence-corrected chi connectivity index (χ2v) is 3.78. The van der Waals surface area contributed by atoms with Crippen LogP contribution in [0.4, 0.5) is 0 Å². The van der Waals surface area contributed by atoms with Crippen molar-refractivity contribution in [2.24, 2.45) is 5.92 Å². The fraction of sp³-hybridized carbons (Fsp3) is 0.462. The highest BCUT2D eigenvalue weighted by atomic mass is 16.5. The molecule has 0 radical (unpaired) electrons. The summed E-state index contributed by atoms with van der Waals surface area (Å²) >= 11 is 0. The van der Waals surface area contributed by atoms with Crippen LogP contribution in [-0.2, 0) is 16.0 Å². The van der Waals surface area contributed by atoms with Gasteiger partial charge >= 0.3 is 5.97 Å². The summed E-state index contributed by atoms with van der Waals surface area (Å²) in [7, 11) is 1.56. The van der Waals surface area contributed by atoms with E-state index in [4.69, 9.17) is 14.7 Å². The third-order valence-electron chi connectivity index (χ3n) is 2.36. The molecule has 1 aromatic rings. The number of nitrogens with zero attached hydrogens (tertiary/aromatic N) is 2. The van der Waals surface area contributed by atoms with Gasteiger partial charge in [-0.15, -0.1) is 0 Å². The maximum absolute atomic E-state index is 11.5. The van der Waals surface area contributed by atoms with Gasteiger partial charge in [0.1, 0.15) is 11.7 Å². The average molecular weight is 248 g/mol. The van der Waals surface area contributed by atoms with Gasteiger partial charge in [0.15, 0.2) is 0 Å². The van der Waals surface area contributed by atoms with Gasteiger partial charge in [-0.25, -0.2) is 0 Å². The van der Waals surface area contributed by atoms with E-state index in [9.17, 15) is 4.79 Å². The van der Waals surface area contributed by atoms with Crippen LogP contribution in [0.1, 0.15) is 18.3 Å². The molecule has 0 amide bonds. The van der Waals surface area contributed by atoms with E-state index in [0.717, 1.165) is 5.69 Å². The quantitative estimate of drug-likeness (QED) is 0.741. The van der Waals surface area contributed by atoms with Crippen molar-refractivity contribution in [2.75, 3.05) is 13.7 Å². The molecule has 0 aliphatic rings. The SMILES string of the molecule is CCOC(=O)C(C#N)Cc1cc(OC)cc(C)n1. The summed E-state index contributed by atoms with van der Waals surface area (Å²) in [5.74, 6) is -0.677. The van der Waals surface area contributed by atoms with Crippen LogP contribution in [0.5, 0.6) is 5.75 Å². The van der Waals surface area contributed by atoms with Crippen LogP contribution < -0.4 is 4.74 Å². The number of aromatic nitrogens is 1. The van der Waals surface area contributed by atoms with Gasteiger partial charge in [-0.2, -0.15) is 5.26 Å². The predicted octanol–water partition coefficient (Wildman–Crippen LogP) is 1.64. The molecule has 96 valence electrons. The maximum Gasteiger partial charge on any atom is 0.323 e. The second-order valence-electron chi connectivity index (χ2n) is 3.78. The molecule has 0 saturated carbocycles. The molecule has 0 aromatic carbocycles. The summed E-state index contributed by atoms with van der Waals surface area (Å²) in [6.07, 6.45) is 0.230. The lowest BCUT2D eigenvalue weighted by atomic mass is 10.0. The molecule has 0 fully saturated rings. The number of ether oxygens (including phenoxy) is 2. The molecule has 0 spiro atoms. The van der Waals surface area contributed by atoms with Gasteiger partial charge in [0, 0.05) is 29.9 Å². The average Bonchev–Trinajstić information content (AvgIpc) is 2.35. The van der Waals surface area contributed by atoms with E-state index in [0.29, 0.717) is 11.4 Å². The van der Waals surface area contributed by atoms with Gasteiger partial charge in [-0.1, -0.05) is 0 Å². The normalized spacial score (nSPS) is 11.4. The number of nitriles is 1. The van der Waals surface area contributed by atoms with Crippen LogP contribution >= 0.6 is 0 Å². The van der Waals surface area contributed by atoms with Crippen molar-refractivity contribution < 1.29 is 14.3 Å². The van der Waals surface area contributed by atoms with Crippen molar-refractivity contribution in [1.29, 1.82) is 5.26 Å². The molecule has 0 aliphatic carbocycles. The van der Waals surface area contributed by atoms with E-state index in [1.165, 1.54) is 0 Å². The molecular formula is C13H16N2O3. The van der Waals surface area contributed by atoms with Gasteiger partial charge in [-0.3, -0.25) is 9.78 Å². The van der Waals surface area contributed by atoms with Gasteiger partial charge in [0.05, 0.1) is 19.8 Å². The minimum Gasteiger partial charge on any atom is -0.497 e. The number of rotatable bonds is 5. The minimum absolute atomic E-state index is 0.230. The Labute approximate surface area is 106 Å². The number of carbonyl (C=O) groups is 1. The van der Waals surface area contributed by atoms with E-state index in [-0.39, 0.29) is 13.0 Å². The Kier molecular flexibility index (Phi) is 5.12. The Morgan fingerprint density at radius 3 is 2.83 bits per heavy atom. The van der Waals surface area contributed by atoms with Crippen LogP contribution in [0.2, 0.25) is 0 Å². The van der Waals surface area contributed by atoms with Crippen molar-refractivity contribution in [3.63, 3.8) is 0 Å². The second kappa shape index (κ2) is 6.60. The van der Waals surface area contributed by atoms with Gasteiger partial charge in [0.2, 0.25) is 0 Å². The van der Waals surface area contributed by atoms with Crippen LogP contribution in [0.25, 0.3) is 0 Å². The molecular weight excluding hydrogens is 232 g/mol. The molecule has 5 heteroatoms. The summed E-state index contributed by atoms with van der Waals surface area (Å²) < 4.78 is 9.95. The zero-order chi connectivity index (χ0) is 13.5. The van der Waals surface area contributed by atoms with E-state index in [1.807, 2.05) is 13.0 Å². The van der Waals surface area contributed by atoms with E-state index in [1.54, 1.807) is 26.2 Å². The summed E-state index contributed by atoms with van der Waals surface area (Å²) in [4.78, 5) is 15.8. The zero-order valence-electron chi connectivity index (χ0n) is 10.8. The smallest absolute Gasteiger partial charge is 0.323 e. The van der Waals surface area contributed by atoms with E-state index >= 15 is 0 Å². The summed E-state index contributed by atoms with van der Waals surface area (Å²) in [6, 6.07) is 5.44. The fourth-order valence-electron chi connectivity index (χ4n) is 1.56. The third-order valence-corrected chi connectivity index (χ3v) is 2.36.